The van der Waals surface area contributed by atoms with Gasteiger partial charge in [-0.3, -0.25) is 4.68 Å². The van der Waals surface area contributed by atoms with E-state index in [0.717, 1.165) is 13.0 Å². The molecule has 2 N–H and O–H groups in total. The molecule has 3 heteroatoms. The molecule has 0 spiro atoms. The Morgan fingerprint density at radius 2 is 2.29 bits per heavy atom. The lowest BCUT2D eigenvalue weighted by Crippen LogP contribution is -2.17. The fourth-order valence-electron chi connectivity index (χ4n) is 1.81. The Balaban J connectivity index is 2.03. The van der Waals surface area contributed by atoms with Crippen molar-refractivity contribution in [3.63, 3.8) is 0 Å². The van der Waals surface area contributed by atoms with E-state index in [1.807, 2.05) is 10.9 Å². The summed E-state index contributed by atoms with van der Waals surface area (Å²) < 4.78 is 2.02. The average Bonchev–Trinajstić information content (AvgIpc) is 2.75. The molecule has 0 amide bonds. The number of hydrogen-bond acceptors (Lipinski definition) is 2. The maximum Gasteiger partial charge on any atom is 0.0522 e. The van der Waals surface area contributed by atoms with Gasteiger partial charge in [-0.15, -0.1) is 0 Å². The van der Waals surface area contributed by atoms with E-state index < -0.39 is 0 Å². The van der Waals surface area contributed by atoms with Crippen LogP contribution in [0.15, 0.2) is 12.4 Å². The zero-order valence-corrected chi connectivity index (χ0v) is 9.03. The standard InChI is InChI=1S/C11H19N3/c1-9(2)14-7-10(6-13-14)5-11(8-12)3-4-11/h6-7,9H,3-5,8,12H2,1-2H3. The third kappa shape index (κ3) is 1.82. The van der Waals surface area contributed by atoms with E-state index in [4.69, 9.17) is 5.73 Å². The van der Waals surface area contributed by atoms with Crippen LogP contribution in [0.3, 0.4) is 0 Å². The molecule has 1 heterocycles. The second kappa shape index (κ2) is 3.39. The van der Waals surface area contributed by atoms with Crippen molar-refractivity contribution < 1.29 is 0 Å². The van der Waals surface area contributed by atoms with Crippen molar-refractivity contribution in [2.24, 2.45) is 11.1 Å². The lowest BCUT2D eigenvalue weighted by molar-refractivity contribution is 0.515. The SMILES string of the molecule is CC(C)n1cc(CC2(CN)CC2)cn1. The highest BCUT2D eigenvalue weighted by molar-refractivity contribution is 5.12. The average molecular weight is 193 g/mol. The van der Waals surface area contributed by atoms with Gasteiger partial charge in [-0.2, -0.15) is 5.10 Å². The van der Waals surface area contributed by atoms with Gasteiger partial charge in [-0.05, 0) is 50.6 Å². The van der Waals surface area contributed by atoms with Crippen LogP contribution in [0.2, 0.25) is 0 Å². The molecular weight excluding hydrogens is 174 g/mol. The third-order valence-corrected chi connectivity index (χ3v) is 3.15. The van der Waals surface area contributed by atoms with Crippen molar-refractivity contribution in [2.45, 2.75) is 39.2 Å². The molecular formula is C11H19N3. The Labute approximate surface area is 85.3 Å². The van der Waals surface area contributed by atoms with Gasteiger partial charge in [0.15, 0.2) is 0 Å². The van der Waals surface area contributed by atoms with E-state index in [2.05, 4.69) is 25.1 Å². The lowest BCUT2D eigenvalue weighted by atomic mass is 9.99. The van der Waals surface area contributed by atoms with Gasteiger partial charge in [0.1, 0.15) is 0 Å². The lowest BCUT2D eigenvalue weighted by Gasteiger charge is -2.09. The van der Waals surface area contributed by atoms with Gasteiger partial charge in [0.25, 0.3) is 0 Å². The molecule has 0 aromatic carbocycles. The molecule has 1 aromatic heterocycles. The Morgan fingerprint density at radius 1 is 1.57 bits per heavy atom. The highest BCUT2D eigenvalue weighted by atomic mass is 15.3. The first-order valence-corrected chi connectivity index (χ1v) is 5.38. The minimum Gasteiger partial charge on any atom is -0.330 e. The highest BCUT2D eigenvalue weighted by Gasteiger charge is 2.41. The summed E-state index contributed by atoms with van der Waals surface area (Å²) in [6, 6.07) is 0.455. The van der Waals surface area contributed by atoms with E-state index in [1.54, 1.807) is 0 Å². The number of rotatable bonds is 4. The number of hydrogen-bond donors (Lipinski definition) is 1. The van der Waals surface area contributed by atoms with Crippen LogP contribution in [0.4, 0.5) is 0 Å². The second-order valence-corrected chi connectivity index (χ2v) is 4.80. The Bertz CT molecular complexity index is 310. The van der Waals surface area contributed by atoms with Gasteiger partial charge in [0.05, 0.1) is 6.20 Å². The Morgan fingerprint density at radius 3 is 2.71 bits per heavy atom. The van der Waals surface area contributed by atoms with Gasteiger partial charge in [-0.1, -0.05) is 0 Å². The van der Waals surface area contributed by atoms with Crippen LogP contribution < -0.4 is 5.73 Å². The van der Waals surface area contributed by atoms with Crippen molar-refractivity contribution in [1.29, 1.82) is 0 Å². The zero-order chi connectivity index (χ0) is 10.2. The first-order valence-electron chi connectivity index (χ1n) is 5.38. The fourth-order valence-corrected chi connectivity index (χ4v) is 1.81. The number of aromatic nitrogens is 2. The largest absolute Gasteiger partial charge is 0.330 e. The molecule has 14 heavy (non-hydrogen) atoms. The quantitative estimate of drug-likeness (QED) is 0.791. The molecule has 1 fully saturated rings. The maximum atomic E-state index is 5.76. The van der Waals surface area contributed by atoms with Crippen LogP contribution in [0.5, 0.6) is 0 Å². The van der Waals surface area contributed by atoms with Crippen LogP contribution in [0.1, 0.15) is 38.3 Å². The summed E-state index contributed by atoms with van der Waals surface area (Å²) in [6.45, 7) is 5.11. The minimum atomic E-state index is 0.421. The summed E-state index contributed by atoms with van der Waals surface area (Å²) in [4.78, 5) is 0. The molecule has 0 bridgehead atoms. The normalized spacial score (nSPS) is 18.9. The molecule has 0 unspecified atom stereocenters. The van der Waals surface area contributed by atoms with E-state index in [0.29, 0.717) is 11.5 Å². The summed E-state index contributed by atoms with van der Waals surface area (Å²) in [6.07, 6.45) is 7.82. The smallest absolute Gasteiger partial charge is 0.0522 e. The molecule has 0 atom stereocenters. The summed E-state index contributed by atoms with van der Waals surface area (Å²) in [5.74, 6) is 0. The molecule has 1 saturated carbocycles. The van der Waals surface area contributed by atoms with E-state index in [-0.39, 0.29) is 0 Å². The van der Waals surface area contributed by atoms with Crippen LogP contribution in [-0.4, -0.2) is 16.3 Å². The predicted octanol–water partition coefficient (Wildman–Crippen LogP) is 1.75. The summed E-state index contributed by atoms with van der Waals surface area (Å²) in [5.41, 5.74) is 7.51. The first kappa shape index (κ1) is 9.71. The van der Waals surface area contributed by atoms with Crippen LogP contribution in [0, 0.1) is 5.41 Å². The topological polar surface area (TPSA) is 43.8 Å². The van der Waals surface area contributed by atoms with Crippen molar-refractivity contribution in [2.75, 3.05) is 6.54 Å². The van der Waals surface area contributed by atoms with E-state index in [9.17, 15) is 0 Å². The minimum absolute atomic E-state index is 0.421. The molecule has 0 aliphatic heterocycles. The second-order valence-electron chi connectivity index (χ2n) is 4.80. The van der Waals surface area contributed by atoms with Crippen LogP contribution >= 0.6 is 0 Å². The fraction of sp³-hybridized carbons (Fsp3) is 0.727. The van der Waals surface area contributed by atoms with Crippen molar-refractivity contribution >= 4 is 0 Å². The maximum absolute atomic E-state index is 5.76. The summed E-state index contributed by atoms with van der Waals surface area (Å²) >= 11 is 0. The van der Waals surface area contributed by atoms with Gasteiger partial charge in [0.2, 0.25) is 0 Å². The molecule has 1 aliphatic carbocycles. The molecule has 1 aliphatic rings. The van der Waals surface area contributed by atoms with Crippen LogP contribution in [-0.2, 0) is 6.42 Å². The molecule has 0 radical (unpaired) electrons. The Hall–Kier alpha value is -0.830. The summed E-state index contributed by atoms with van der Waals surface area (Å²) in [7, 11) is 0. The first-order chi connectivity index (χ1) is 6.65. The van der Waals surface area contributed by atoms with Gasteiger partial charge >= 0.3 is 0 Å². The monoisotopic (exact) mass is 193 g/mol. The molecule has 1 aromatic rings. The van der Waals surface area contributed by atoms with Gasteiger partial charge in [0, 0.05) is 12.2 Å². The molecule has 2 rings (SSSR count). The predicted molar refractivity (Wildman–Crippen MR) is 57.0 cm³/mol. The molecule has 0 saturated heterocycles. The molecule has 78 valence electrons. The van der Waals surface area contributed by atoms with Gasteiger partial charge < -0.3 is 5.73 Å². The third-order valence-electron chi connectivity index (χ3n) is 3.15. The zero-order valence-electron chi connectivity index (χ0n) is 9.03. The number of nitrogens with two attached hydrogens (primary N) is 1. The Kier molecular flexibility index (Phi) is 2.35. The summed E-state index contributed by atoms with van der Waals surface area (Å²) in [5, 5.41) is 4.34. The van der Waals surface area contributed by atoms with Crippen molar-refractivity contribution in [3.05, 3.63) is 18.0 Å². The molecule has 3 nitrogen and oxygen atoms in total. The van der Waals surface area contributed by atoms with Crippen molar-refractivity contribution in [3.8, 4) is 0 Å². The van der Waals surface area contributed by atoms with Gasteiger partial charge in [-0.25, -0.2) is 0 Å². The van der Waals surface area contributed by atoms with E-state index >= 15 is 0 Å². The number of nitrogens with zero attached hydrogens (tertiary/aromatic N) is 2. The van der Waals surface area contributed by atoms with Crippen molar-refractivity contribution in [1.82, 2.24) is 9.78 Å². The van der Waals surface area contributed by atoms with E-state index in [1.165, 1.54) is 18.4 Å². The van der Waals surface area contributed by atoms with Crippen LogP contribution in [0.25, 0.3) is 0 Å². The highest BCUT2D eigenvalue weighted by Crippen LogP contribution is 2.47.